The molecule has 0 radical (unpaired) electrons. The molecule has 1 aliphatic rings. The lowest BCUT2D eigenvalue weighted by atomic mass is 10.1. The highest BCUT2D eigenvalue weighted by atomic mass is 79.9. The molecule has 28 heavy (non-hydrogen) atoms. The number of nitrogens with zero attached hydrogens (tertiary/aromatic N) is 1. The molecule has 0 unspecified atom stereocenters. The Labute approximate surface area is 170 Å². The first kappa shape index (κ1) is 19.9. The lowest BCUT2D eigenvalue weighted by Gasteiger charge is -2.16. The molecule has 146 valence electrons. The van der Waals surface area contributed by atoms with Gasteiger partial charge >= 0.3 is 5.97 Å². The fraction of sp³-hybridized carbons (Fsp3) is 0.250. The Kier molecular flexibility index (Phi) is 6.30. The minimum Gasteiger partial charge on any atom is -0.497 e. The number of nitrogens with one attached hydrogen (secondary N) is 1. The molecule has 1 atom stereocenters. The van der Waals surface area contributed by atoms with Crippen LogP contribution in [0.3, 0.4) is 0 Å². The topological polar surface area (TPSA) is 84.9 Å². The van der Waals surface area contributed by atoms with Crippen molar-refractivity contribution < 1.29 is 23.9 Å². The molecule has 0 spiro atoms. The number of benzene rings is 2. The van der Waals surface area contributed by atoms with Gasteiger partial charge in [0.25, 0.3) is 5.91 Å². The van der Waals surface area contributed by atoms with E-state index in [4.69, 9.17) is 9.47 Å². The molecule has 1 fully saturated rings. The van der Waals surface area contributed by atoms with Gasteiger partial charge in [-0.2, -0.15) is 0 Å². The van der Waals surface area contributed by atoms with E-state index >= 15 is 0 Å². The number of carbonyl (C=O) groups excluding carboxylic acids is 3. The predicted octanol–water partition coefficient (Wildman–Crippen LogP) is 2.99. The van der Waals surface area contributed by atoms with E-state index in [-0.39, 0.29) is 18.9 Å². The molecule has 1 heterocycles. The van der Waals surface area contributed by atoms with Crippen molar-refractivity contribution in [2.24, 2.45) is 5.92 Å². The van der Waals surface area contributed by atoms with Gasteiger partial charge in [-0.25, -0.2) is 0 Å². The first-order valence-corrected chi connectivity index (χ1v) is 9.42. The average Bonchev–Trinajstić information content (AvgIpc) is 3.09. The second-order valence-electron chi connectivity index (χ2n) is 6.27. The van der Waals surface area contributed by atoms with E-state index in [1.54, 1.807) is 48.4 Å². The second kappa shape index (κ2) is 8.88. The Bertz CT molecular complexity index is 867. The van der Waals surface area contributed by atoms with Crippen LogP contribution in [0.15, 0.2) is 53.0 Å². The smallest absolute Gasteiger partial charge is 0.311 e. The van der Waals surface area contributed by atoms with E-state index < -0.39 is 24.4 Å². The molecule has 1 saturated heterocycles. The van der Waals surface area contributed by atoms with Crippen LogP contribution in [0.4, 0.5) is 11.4 Å². The monoisotopic (exact) mass is 446 g/mol. The summed E-state index contributed by atoms with van der Waals surface area (Å²) in [7, 11) is 1.55. The number of methoxy groups -OCH3 is 1. The Morgan fingerprint density at radius 2 is 1.82 bits per heavy atom. The van der Waals surface area contributed by atoms with Crippen molar-refractivity contribution in [3.8, 4) is 5.75 Å². The third-order valence-electron chi connectivity index (χ3n) is 4.32. The fourth-order valence-corrected chi connectivity index (χ4v) is 3.13. The summed E-state index contributed by atoms with van der Waals surface area (Å²) >= 11 is 3.35. The van der Waals surface area contributed by atoms with E-state index in [2.05, 4.69) is 21.2 Å². The Hall–Kier alpha value is -2.87. The minimum absolute atomic E-state index is 0.0645. The molecule has 2 aromatic carbocycles. The molecule has 1 aliphatic heterocycles. The van der Waals surface area contributed by atoms with Gasteiger partial charge in [0.15, 0.2) is 6.61 Å². The zero-order valence-corrected chi connectivity index (χ0v) is 16.8. The molecule has 8 heteroatoms. The summed E-state index contributed by atoms with van der Waals surface area (Å²) in [6, 6.07) is 14.1. The van der Waals surface area contributed by atoms with E-state index in [1.165, 1.54) is 0 Å². The Morgan fingerprint density at radius 3 is 2.46 bits per heavy atom. The van der Waals surface area contributed by atoms with Crippen molar-refractivity contribution in [1.82, 2.24) is 0 Å². The summed E-state index contributed by atoms with van der Waals surface area (Å²) in [6.07, 6.45) is 0.0645. The number of halogens is 1. The molecule has 7 nitrogen and oxygen atoms in total. The van der Waals surface area contributed by atoms with Crippen LogP contribution in [0.5, 0.6) is 5.75 Å². The van der Waals surface area contributed by atoms with Crippen LogP contribution in [-0.4, -0.2) is 38.0 Å². The molecule has 0 aromatic heterocycles. The molecule has 2 aromatic rings. The van der Waals surface area contributed by atoms with Gasteiger partial charge in [-0.1, -0.05) is 15.9 Å². The lowest BCUT2D eigenvalue weighted by Crippen LogP contribution is -2.28. The van der Waals surface area contributed by atoms with E-state index in [0.717, 1.165) is 10.2 Å². The number of hydrogen-bond acceptors (Lipinski definition) is 5. The summed E-state index contributed by atoms with van der Waals surface area (Å²) in [5.74, 6) is -1.08. The molecular weight excluding hydrogens is 428 g/mol. The molecule has 1 N–H and O–H groups in total. The van der Waals surface area contributed by atoms with Crippen molar-refractivity contribution in [1.29, 1.82) is 0 Å². The largest absolute Gasteiger partial charge is 0.497 e. The van der Waals surface area contributed by atoms with Gasteiger partial charge in [0.05, 0.1) is 13.0 Å². The highest BCUT2D eigenvalue weighted by molar-refractivity contribution is 9.10. The summed E-state index contributed by atoms with van der Waals surface area (Å²) in [5, 5.41) is 2.63. The summed E-state index contributed by atoms with van der Waals surface area (Å²) in [5.41, 5.74) is 1.29. The molecule has 2 amide bonds. The van der Waals surface area contributed by atoms with Crippen molar-refractivity contribution in [2.45, 2.75) is 6.42 Å². The standard InChI is InChI=1S/C20H19BrN2O5/c1-27-17-8-4-15(5-9-17)22-18(24)12-28-20(26)13-10-19(25)23(11-13)16-6-2-14(21)3-7-16/h2-9,13H,10-12H2,1H3,(H,22,24)/t13-/m0/s1. The highest BCUT2D eigenvalue weighted by Gasteiger charge is 2.36. The number of ether oxygens (including phenoxy) is 2. The normalized spacial score (nSPS) is 16.0. The molecule has 3 rings (SSSR count). The second-order valence-corrected chi connectivity index (χ2v) is 7.18. The zero-order valence-electron chi connectivity index (χ0n) is 15.2. The number of anilines is 2. The van der Waals surface area contributed by atoms with Crippen molar-refractivity contribution in [2.75, 3.05) is 30.5 Å². The van der Waals surface area contributed by atoms with E-state index in [1.807, 2.05) is 12.1 Å². The molecule has 0 saturated carbocycles. The Morgan fingerprint density at radius 1 is 1.14 bits per heavy atom. The summed E-state index contributed by atoms with van der Waals surface area (Å²) < 4.78 is 11.0. The number of rotatable bonds is 6. The van der Waals surface area contributed by atoms with Gasteiger partial charge in [0.1, 0.15) is 5.75 Å². The van der Waals surface area contributed by atoms with Gasteiger partial charge in [-0.15, -0.1) is 0 Å². The SMILES string of the molecule is COc1ccc(NC(=O)COC(=O)[C@H]2CC(=O)N(c3ccc(Br)cc3)C2)cc1. The third-order valence-corrected chi connectivity index (χ3v) is 4.84. The van der Waals surface area contributed by atoms with Crippen molar-refractivity contribution >= 4 is 45.1 Å². The average molecular weight is 447 g/mol. The Balaban J connectivity index is 1.49. The fourth-order valence-electron chi connectivity index (χ4n) is 2.86. The van der Waals surface area contributed by atoms with Crippen LogP contribution in [0.25, 0.3) is 0 Å². The maximum atomic E-state index is 12.3. The number of hydrogen-bond donors (Lipinski definition) is 1. The lowest BCUT2D eigenvalue weighted by molar-refractivity contribution is -0.151. The van der Waals surface area contributed by atoms with Crippen LogP contribution in [0, 0.1) is 5.92 Å². The molecule has 0 aliphatic carbocycles. The summed E-state index contributed by atoms with van der Waals surface area (Å²) in [6.45, 7) is -0.173. The van der Waals surface area contributed by atoms with Gasteiger partial charge in [0.2, 0.25) is 5.91 Å². The first-order valence-electron chi connectivity index (χ1n) is 8.62. The van der Waals surface area contributed by atoms with Gasteiger partial charge in [0, 0.05) is 28.8 Å². The number of amides is 2. The van der Waals surface area contributed by atoms with Crippen LogP contribution in [-0.2, 0) is 19.1 Å². The van der Waals surface area contributed by atoms with Crippen molar-refractivity contribution in [3.05, 3.63) is 53.0 Å². The maximum absolute atomic E-state index is 12.3. The van der Waals surface area contributed by atoms with Gasteiger partial charge in [-0.3, -0.25) is 14.4 Å². The third kappa shape index (κ3) is 4.89. The summed E-state index contributed by atoms with van der Waals surface area (Å²) in [4.78, 5) is 38.0. The highest BCUT2D eigenvalue weighted by Crippen LogP contribution is 2.27. The van der Waals surface area contributed by atoms with Crippen LogP contribution in [0.1, 0.15) is 6.42 Å². The molecular formula is C20H19BrN2O5. The van der Waals surface area contributed by atoms with Crippen LogP contribution < -0.4 is 15.0 Å². The zero-order chi connectivity index (χ0) is 20.1. The minimum atomic E-state index is -0.593. The molecule has 0 bridgehead atoms. The number of carbonyl (C=O) groups is 3. The first-order chi connectivity index (χ1) is 13.5. The quantitative estimate of drug-likeness (QED) is 0.689. The number of esters is 1. The maximum Gasteiger partial charge on any atom is 0.311 e. The van der Waals surface area contributed by atoms with Gasteiger partial charge in [-0.05, 0) is 48.5 Å². The van der Waals surface area contributed by atoms with Gasteiger partial charge < -0.3 is 19.7 Å². The van der Waals surface area contributed by atoms with Crippen molar-refractivity contribution in [3.63, 3.8) is 0 Å². The van der Waals surface area contributed by atoms with E-state index in [0.29, 0.717) is 11.4 Å². The van der Waals surface area contributed by atoms with E-state index in [9.17, 15) is 14.4 Å². The van der Waals surface area contributed by atoms with Crippen LogP contribution >= 0.6 is 15.9 Å². The predicted molar refractivity (Wildman–Crippen MR) is 107 cm³/mol. The van der Waals surface area contributed by atoms with Crippen LogP contribution in [0.2, 0.25) is 0 Å².